The number of nitrogens with one attached hydrogen (secondary N) is 1. The summed E-state index contributed by atoms with van der Waals surface area (Å²) in [6.45, 7) is 2.92. The van der Waals surface area contributed by atoms with Gasteiger partial charge in [0.05, 0.1) is 12.0 Å². The molecule has 118 valence electrons. The van der Waals surface area contributed by atoms with Gasteiger partial charge >= 0.3 is 0 Å². The van der Waals surface area contributed by atoms with Crippen molar-refractivity contribution in [3.05, 3.63) is 24.0 Å². The minimum absolute atomic E-state index is 0.0335. The first-order valence-corrected chi connectivity index (χ1v) is 8.29. The Hall–Kier alpha value is -1.18. The van der Waals surface area contributed by atoms with Gasteiger partial charge in [0.15, 0.2) is 11.6 Å². The van der Waals surface area contributed by atoms with Crippen molar-refractivity contribution in [1.82, 2.24) is 9.62 Å². The van der Waals surface area contributed by atoms with Crippen LogP contribution < -0.4 is 10.1 Å². The standard InChI is InChI=1S/C14H21FN2O3S/c1-14(16-2)6-8-17(9-7-14)21(18,19)11-4-5-13(20-3)12(15)10-11/h4-5,10,16H,6-9H2,1-3H3. The number of rotatable bonds is 4. The van der Waals surface area contributed by atoms with Gasteiger partial charge in [-0.15, -0.1) is 0 Å². The number of piperidine rings is 1. The molecule has 0 aromatic heterocycles. The average molecular weight is 316 g/mol. The van der Waals surface area contributed by atoms with Gasteiger partial charge in [-0.1, -0.05) is 0 Å². The van der Waals surface area contributed by atoms with E-state index < -0.39 is 15.8 Å². The molecule has 0 atom stereocenters. The highest BCUT2D eigenvalue weighted by Crippen LogP contribution is 2.28. The fraction of sp³-hybridized carbons (Fsp3) is 0.571. The Morgan fingerprint density at radius 1 is 1.33 bits per heavy atom. The molecule has 1 heterocycles. The van der Waals surface area contributed by atoms with E-state index in [1.54, 1.807) is 0 Å². The maximum Gasteiger partial charge on any atom is 0.243 e. The Bertz CT molecular complexity index is 611. The average Bonchev–Trinajstić information content (AvgIpc) is 2.47. The third-order valence-electron chi connectivity index (χ3n) is 4.19. The number of sulfonamides is 1. The van der Waals surface area contributed by atoms with E-state index in [4.69, 9.17) is 4.74 Å². The SMILES string of the molecule is CNC1(C)CCN(S(=O)(=O)c2ccc(OC)c(F)c2)CC1. The van der Waals surface area contributed by atoms with Crippen LogP contribution in [0.1, 0.15) is 19.8 Å². The summed E-state index contributed by atoms with van der Waals surface area (Å²) in [6, 6.07) is 3.73. The Morgan fingerprint density at radius 2 is 1.95 bits per heavy atom. The second-order valence-corrected chi connectivity index (χ2v) is 7.45. The molecule has 0 unspecified atom stereocenters. The molecule has 7 heteroatoms. The van der Waals surface area contributed by atoms with Gasteiger partial charge in [-0.2, -0.15) is 4.31 Å². The molecule has 0 bridgehead atoms. The molecule has 0 radical (unpaired) electrons. The molecule has 1 aromatic carbocycles. The number of benzene rings is 1. The van der Waals surface area contributed by atoms with Crippen molar-refractivity contribution in [1.29, 1.82) is 0 Å². The summed E-state index contributed by atoms with van der Waals surface area (Å²) in [6.07, 6.45) is 1.45. The van der Waals surface area contributed by atoms with E-state index in [1.807, 2.05) is 7.05 Å². The molecular formula is C14H21FN2O3S. The van der Waals surface area contributed by atoms with Crippen LogP contribution in [0.3, 0.4) is 0 Å². The van der Waals surface area contributed by atoms with Crippen LogP contribution in [-0.2, 0) is 10.0 Å². The van der Waals surface area contributed by atoms with Crippen molar-refractivity contribution < 1.29 is 17.5 Å². The molecule has 0 aliphatic carbocycles. The molecule has 1 N–H and O–H groups in total. The molecule has 1 aliphatic rings. The van der Waals surface area contributed by atoms with E-state index in [1.165, 1.54) is 23.5 Å². The molecule has 1 saturated heterocycles. The summed E-state index contributed by atoms with van der Waals surface area (Å²) >= 11 is 0. The fourth-order valence-electron chi connectivity index (χ4n) is 2.43. The van der Waals surface area contributed by atoms with Gasteiger partial charge in [-0.25, -0.2) is 12.8 Å². The molecule has 0 amide bonds. The van der Waals surface area contributed by atoms with Crippen LogP contribution in [0.4, 0.5) is 4.39 Å². The number of hydrogen-bond donors (Lipinski definition) is 1. The smallest absolute Gasteiger partial charge is 0.243 e. The van der Waals surface area contributed by atoms with E-state index in [-0.39, 0.29) is 16.2 Å². The van der Waals surface area contributed by atoms with Crippen LogP contribution in [-0.4, -0.2) is 45.5 Å². The second-order valence-electron chi connectivity index (χ2n) is 5.51. The lowest BCUT2D eigenvalue weighted by Crippen LogP contribution is -2.51. The lowest BCUT2D eigenvalue weighted by molar-refractivity contribution is 0.219. The van der Waals surface area contributed by atoms with Gasteiger partial charge in [-0.3, -0.25) is 0 Å². The number of halogens is 1. The van der Waals surface area contributed by atoms with E-state index >= 15 is 0 Å². The summed E-state index contributed by atoms with van der Waals surface area (Å²) in [5, 5.41) is 3.22. The molecule has 1 aromatic rings. The molecule has 0 spiro atoms. The van der Waals surface area contributed by atoms with Crippen molar-refractivity contribution in [2.75, 3.05) is 27.2 Å². The molecule has 0 saturated carbocycles. The predicted molar refractivity (Wildman–Crippen MR) is 78.4 cm³/mol. The first-order valence-electron chi connectivity index (χ1n) is 6.85. The predicted octanol–water partition coefficient (Wildman–Crippen LogP) is 1.60. The van der Waals surface area contributed by atoms with Crippen molar-refractivity contribution in [2.45, 2.75) is 30.2 Å². The highest BCUT2D eigenvalue weighted by molar-refractivity contribution is 7.89. The Balaban J connectivity index is 2.21. The zero-order valence-corrected chi connectivity index (χ0v) is 13.3. The van der Waals surface area contributed by atoms with Gasteiger partial charge < -0.3 is 10.1 Å². The number of hydrogen-bond acceptors (Lipinski definition) is 4. The van der Waals surface area contributed by atoms with Gasteiger partial charge in [0, 0.05) is 18.6 Å². The van der Waals surface area contributed by atoms with Crippen LogP contribution in [0.15, 0.2) is 23.1 Å². The van der Waals surface area contributed by atoms with Crippen molar-refractivity contribution in [2.24, 2.45) is 0 Å². The van der Waals surface area contributed by atoms with Gasteiger partial charge in [0.2, 0.25) is 10.0 Å². The molecule has 1 aliphatic heterocycles. The minimum atomic E-state index is -3.66. The fourth-order valence-corrected chi connectivity index (χ4v) is 3.88. The summed E-state index contributed by atoms with van der Waals surface area (Å²) in [5.74, 6) is -0.633. The van der Waals surface area contributed by atoms with E-state index in [2.05, 4.69) is 12.2 Å². The summed E-state index contributed by atoms with van der Waals surface area (Å²) in [7, 11) is -0.437. The monoisotopic (exact) mass is 316 g/mol. The third kappa shape index (κ3) is 3.20. The zero-order chi connectivity index (χ0) is 15.7. The maximum absolute atomic E-state index is 13.7. The van der Waals surface area contributed by atoms with Crippen LogP contribution in [0.25, 0.3) is 0 Å². The molecule has 21 heavy (non-hydrogen) atoms. The van der Waals surface area contributed by atoms with Crippen LogP contribution in [0.2, 0.25) is 0 Å². The highest BCUT2D eigenvalue weighted by atomic mass is 32.2. The first-order chi connectivity index (χ1) is 9.82. The highest BCUT2D eigenvalue weighted by Gasteiger charge is 2.34. The second kappa shape index (κ2) is 5.90. The molecule has 1 fully saturated rings. The minimum Gasteiger partial charge on any atom is -0.494 e. The first kappa shape index (κ1) is 16.2. The number of ether oxygens (including phenoxy) is 1. The largest absolute Gasteiger partial charge is 0.494 e. The quantitative estimate of drug-likeness (QED) is 0.916. The van der Waals surface area contributed by atoms with Crippen LogP contribution >= 0.6 is 0 Å². The summed E-state index contributed by atoms with van der Waals surface area (Å²) < 4.78 is 45.0. The van der Waals surface area contributed by atoms with E-state index in [9.17, 15) is 12.8 Å². The van der Waals surface area contributed by atoms with Crippen molar-refractivity contribution in [3.8, 4) is 5.75 Å². The molecular weight excluding hydrogens is 295 g/mol. The topological polar surface area (TPSA) is 58.6 Å². The van der Waals surface area contributed by atoms with Gasteiger partial charge in [0.1, 0.15) is 0 Å². The Labute approximate surface area is 125 Å². The van der Waals surface area contributed by atoms with Crippen molar-refractivity contribution >= 4 is 10.0 Å². The van der Waals surface area contributed by atoms with Crippen LogP contribution in [0.5, 0.6) is 5.75 Å². The van der Waals surface area contributed by atoms with Gasteiger partial charge in [0.25, 0.3) is 0 Å². The Kier molecular flexibility index (Phi) is 4.55. The number of methoxy groups -OCH3 is 1. The molecule has 5 nitrogen and oxygen atoms in total. The van der Waals surface area contributed by atoms with Gasteiger partial charge in [-0.05, 0) is 45.0 Å². The van der Waals surface area contributed by atoms with Crippen molar-refractivity contribution in [3.63, 3.8) is 0 Å². The third-order valence-corrected chi connectivity index (χ3v) is 6.09. The Morgan fingerprint density at radius 3 is 2.43 bits per heavy atom. The lowest BCUT2D eigenvalue weighted by atomic mass is 9.91. The molecule has 2 rings (SSSR count). The lowest BCUT2D eigenvalue weighted by Gasteiger charge is -2.38. The summed E-state index contributed by atoms with van der Waals surface area (Å²) in [5.41, 5.74) is -0.0445. The normalized spacial score (nSPS) is 19.4. The van der Waals surface area contributed by atoms with E-state index in [0.29, 0.717) is 13.1 Å². The van der Waals surface area contributed by atoms with E-state index in [0.717, 1.165) is 18.9 Å². The zero-order valence-electron chi connectivity index (χ0n) is 12.5. The van der Waals surface area contributed by atoms with Crippen LogP contribution in [0, 0.1) is 5.82 Å². The maximum atomic E-state index is 13.7. The number of nitrogens with zero attached hydrogens (tertiary/aromatic N) is 1. The summed E-state index contributed by atoms with van der Waals surface area (Å²) in [4.78, 5) is -0.0335.